The Labute approximate surface area is 139 Å². The highest BCUT2D eigenvalue weighted by molar-refractivity contribution is 5.87. The van der Waals surface area contributed by atoms with Crippen LogP contribution in [-0.2, 0) is 10.3 Å². The molecule has 1 aromatic carbocycles. The SMILES string of the molecule is CC(C)=CCC/C(C)=C/CNC(=O)C(C)(N)c1ccc(O)cc1. The quantitative estimate of drug-likeness (QED) is 0.675. The van der Waals surface area contributed by atoms with Gasteiger partial charge in [0, 0.05) is 6.54 Å². The molecule has 0 bridgehead atoms. The van der Waals surface area contributed by atoms with Crippen LogP contribution in [0.15, 0.2) is 47.6 Å². The van der Waals surface area contributed by atoms with Crippen molar-refractivity contribution >= 4 is 5.91 Å². The van der Waals surface area contributed by atoms with E-state index in [0.29, 0.717) is 12.1 Å². The summed E-state index contributed by atoms with van der Waals surface area (Å²) in [5.41, 5.74) is 8.24. The lowest BCUT2D eigenvalue weighted by Gasteiger charge is -2.23. The molecule has 4 nitrogen and oxygen atoms in total. The topological polar surface area (TPSA) is 75.4 Å². The lowest BCUT2D eigenvalue weighted by molar-refractivity contribution is -0.125. The number of rotatable bonds is 7. The van der Waals surface area contributed by atoms with E-state index in [-0.39, 0.29) is 11.7 Å². The van der Waals surface area contributed by atoms with Crippen LogP contribution < -0.4 is 11.1 Å². The fraction of sp³-hybridized carbons (Fsp3) is 0.421. The third-order valence-corrected chi connectivity index (χ3v) is 3.74. The van der Waals surface area contributed by atoms with Crippen LogP contribution in [0.5, 0.6) is 5.75 Å². The molecule has 1 rings (SSSR count). The van der Waals surface area contributed by atoms with Gasteiger partial charge in [0.25, 0.3) is 0 Å². The van der Waals surface area contributed by atoms with Gasteiger partial charge in [0.05, 0.1) is 0 Å². The lowest BCUT2D eigenvalue weighted by Crippen LogP contribution is -2.49. The molecule has 1 amide bonds. The Kier molecular flexibility index (Phi) is 7.04. The predicted octanol–water partition coefficient (Wildman–Crippen LogP) is 3.38. The molecule has 0 fully saturated rings. The second-order valence-electron chi connectivity index (χ2n) is 6.33. The molecule has 0 spiro atoms. The summed E-state index contributed by atoms with van der Waals surface area (Å²) in [4.78, 5) is 12.3. The lowest BCUT2D eigenvalue weighted by atomic mass is 9.92. The van der Waals surface area contributed by atoms with Crippen molar-refractivity contribution in [2.75, 3.05) is 6.54 Å². The number of hydrogen-bond donors (Lipinski definition) is 3. The number of phenols is 1. The minimum atomic E-state index is -1.13. The normalized spacial score (nSPS) is 14.0. The maximum absolute atomic E-state index is 12.3. The summed E-state index contributed by atoms with van der Waals surface area (Å²) in [5.74, 6) is -0.0866. The Bertz CT molecular complexity index is 580. The van der Waals surface area contributed by atoms with Crippen LogP contribution in [0, 0.1) is 0 Å². The molecular weight excluding hydrogens is 288 g/mol. The summed E-state index contributed by atoms with van der Waals surface area (Å²) in [7, 11) is 0. The molecule has 0 saturated carbocycles. The first-order chi connectivity index (χ1) is 10.7. The molecular formula is C19H28N2O2. The van der Waals surface area contributed by atoms with Gasteiger partial charge >= 0.3 is 0 Å². The van der Waals surface area contributed by atoms with E-state index in [4.69, 9.17) is 5.73 Å². The van der Waals surface area contributed by atoms with Crippen molar-refractivity contribution in [2.45, 2.75) is 46.1 Å². The number of carbonyl (C=O) groups is 1. The van der Waals surface area contributed by atoms with E-state index in [9.17, 15) is 9.90 Å². The number of aromatic hydroxyl groups is 1. The number of nitrogens with two attached hydrogens (primary N) is 1. The third-order valence-electron chi connectivity index (χ3n) is 3.74. The van der Waals surface area contributed by atoms with E-state index in [1.165, 1.54) is 23.3 Å². The number of amides is 1. The van der Waals surface area contributed by atoms with Crippen LogP contribution >= 0.6 is 0 Å². The first-order valence-corrected chi connectivity index (χ1v) is 7.89. The number of phenolic OH excluding ortho intramolecular Hbond substituents is 1. The Balaban J connectivity index is 2.55. The number of allylic oxidation sites excluding steroid dienone is 3. The summed E-state index contributed by atoms with van der Waals surface area (Å²) in [6.45, 7) is 8.37. The molecule has 0 aromatic heterocycles. The predicted molar refractivity (Wildman–Crippen MR) is 95.1 cm³/mol. The zero-order valence-electron chi connectivity index (χ0n) is 14.5. The van der Waals surface area contributed by atoms with Gasteiger partial charge in [-0.1, -0.05) is 35.4 Å². The molecule has 4 N–H and O–H groups in total. The Hall–Kier alpha value is -2.07. The van der Waals surface area contributed by atoms with Gasteiger partial charge in [-0.15, -0.1) is 0 Å². The fourth-order valence-electron chi connectivity index (χ4n) is 2.13. The van der Waals surface area contributed by atoms with Crippen molar-refractivity contribution < 1.29 is 9.90 Å². The summed E-state index contributed by atoms with van der Waals surface area (Å²) >= 11 is 0. The molecule has 23 heavy (non-hydrogen) atoms. The largest absolute Gasteiger partial charge is 0.508 e. The molecule has 1 unspecified atom stereocenters. The van der Waals surface area contributed by atoms with Crippen LogP contribution in [0.1, 0.15) is 46.1 Å². The van der Waals surface area contributed by atoms with E-state index >= 15 is 0 Å². The molecule has 126 valence electrons. The average molecular weight is 316 g/mol. The first kappa shape index (κ1) is 19.0. The molecule has 0 aliphatic heterocycles. The van der Waals surface area contributed by atoms with E-state index in [2.05, 4.69) is 32.2 Å². The molecule has 0 radical (unpaired) electrons. The zero-order valence-corrected chi connectivity index (χ0v) is 14.5. The van der Waals surface area contributed by atoms with E-state index in [0.717, 1.165) is 12.8 Å². The van der Waals surface area contributed by atoms with Gasteiger partial charge in [0.2, 0.25) is 5.91 Å². The van der Waals surface area contributed by atoms with Crippen molar-refractivity contribution in [3.8, 4) is 5.75 Å². The van der Waals surface area contributed by atoms with Crippen molar-refractivity contribution in [2.24, 2.45) is 5.73 Å². The standard InChI is InChI=1S/C19H28N2O2/c1-14(2)6-5-7-15(3)12-13-21-18(23)19(4,20)16-8-10-17(22)11-9-16/h6,8-12,22H,5,7,13,20H2,1-4H3,(H,21,23)/b15-12+. The Morgan fingerprint density at radius 2 is 1.83 bits per heavy atom. The van der Waals surface area contributed by atoms with Gasteiger partial charge in [-0.3, -0.25) is 4.79 Å². The minimum Gasteiger partial charge on any atom is -0.508 e. The highest BCUT2D eigenvalue weighted by Crippen LogP contribution is 2.20. The van der Waals surface area contributed by atoms with Crippen LogP contribution in [0.25, 0.3) is 0 Å². The van der Waals surface area contributed by atoms with E-state index in [1.807, 2.05) is 6.08 Å². The van der Waals surface area contributed by atoms with Crippen LogP contribution in [0.2, 0.25) is 0 Å². The number of hydrogen-bond acceptors (Lipinski definition) is 3. The zero-order chi connectivity index (χ0) is 17.5. The minimum absolute atomic E-state index is 0.153. The molecule has 1 aromatic rings. The number of benzene rings is 1. The maximum atomic E-state index is 12.3. The van der Waals surface area contributed by atoms with Gasteiger partial charge < -0.3 is 16.2 Å². The van der Waals surface area contributed by atoms with Crippen LogP contribution in [0.4, 0.5) is 0 Å². The summed E-state index contributed by atoms with van der Waals surface area (Å²) < 4.78 is 0. The van der Waals surface area contributed by atoms with Gasteiger partial charge in [0.15, 0.2) is 0 Å². The highest BCUT2D eigenvalue weighted by atomic mass is 16.3. The smallest absolute Gasteiger partial charge is 0.244 e. The van der Waals surface area contributed by atoms with Crippen LogP contribution in [0.3, 0.4) is 0 Å². The average Bonchev–Trinajstić information content (AvgIpc) is 2.47. The van der Waals surface area contributed by atoms with Gasteiger partial charge in [-0.25, -0.2) is 0 Å². The second kappa shape index (κ2) is 8.53. The second-order valence-corrected chi connectivity index (χ2v) is 6.33. The fourth-order valence-corrected chi connectivity index (χ4v) is 2.13. The monoisotopic (exact) mass is 316 g/mol. The van der Waals surface area contributed by atoms with Crippen molar-refractivity contribution in [1.29, 1.82) is 0 Å². The molecule has 0 heterocycles. The molecule has 4 heteroatoms. The van der Waals surface area contributed by atoms with E-state index < -0.39 is 5.54 Å². The maximum Gasteiger partial charge on any atom is 0.244 e. The Morgan fingerprint density at radius 1 is 1.22 bits per heavy atom. The van der Waals surface area contributed by atoms with Gasteiger partial charge in [-0.2, -0.15) is 0 Å². The molecule has 0 aliphatic carbocycles. The first-order valence-electron chi connectivity index (χ1n) is 7.89. The summed E-state index contributed by atoms with van der Waals surface area (Å²) in [5, 5.41) is 12.2. The highest BCUT2D eigenvalue weighted by Gasteiger charge is 2.29. The van der Waals surface area contributed by atoms with Gasteiger partial charge in [-0.05, 0) is 58.2 Å². The summed E-state index contributed by atoms with van der Waals surface area (Å²) in [6, 6.07) is 6.38. The number of carbonyl (C=O) groups excluding carboxylic acids is 1. The van der Waals surface area contributed by atoms with Crippen molar-refractivity contribution in [3.05, 3.63) is 53.1 Å². The van der Waals surface area contributed by atoms with Crippen molar-refractivity contribution in [3.63, 3.8) is 0 Å². The summed E-state index contributed by atoms with van der Waals surface area (Å²) in [6.07, 6.45) is 6.22. The van der Waals surface area contributed by atoms with Gasteiger partial charge in [0.1, 0.15) is 11.3 Å². The molecule has 0 aliphatic rings. The molecule has 1 atom stereocenters. The van der Waals surface area contributed by atoms with Crippen molar-refractivity contribution in [1.82, 2.24) is 5.32 Å². The molecule has 0 saturated heterocycles. The van der Waals surface area contributed by atoms with Crippen LogP contribution in [-0.4, -0.2) is 17.6 Å². The third kappa shape index (κ3) is 6.28. The number of nitrogens with one attached hydrogen (secondary N) is 1. The van der Waals surface area contributed by atoms with E-state index in [1.54, 1.807) is 19.1 Å². The Morgan fingerprint density at radius 3 is 2.39 bits per heavy atom.